The number of nitrogens with zero attached hydrogens (tertiary/aromatic N) is 2. The van der Waals surface area contributed by atoms with Crippen LogP contribution in [-0.2, 0) is 30.3 Å². The number of fused-ring (bicyclic) bond motifs is 1. The van der Waals surface area contributed by atoms with E-state index in [1.807, 2.05) is 43.9 Å². The molecule has 2 aliphatic heterocycles. The molecule has 3 N–H and O–H groups in total. The molecule has 0 radical (unpaired) electrons. The number of anilines is 3. The highest BCUT2D eigenvalue weighted by Gasteiger charge is 2.40. The minimum Gasteiger partial charge on any atom is -0.460 e. The van der Waals surface area contributed by atoms with Crippen LogP contribution in [0.15, 0.2) is 91.1 Å². The van der Waals surface area contributed by atoms with Crippen LogP contribution in [-0.4, -0.2) is 60.9 Å². The predicted molar refractivity (Wildman–Crippen MR) is 199 cm³/mol. The first kappa shape index (κ1) is 38.4. The van der Waals surface area contributed by atoms with Crippen molar-refractivity contribution in [2.45, 2.75) is 78.5 Å². The SMILES string of the molecule is C=C(CC)N1CC(NC(=O)c2ccc(NC(C)=O)cc2)C(=O)N(CC(=O)NC2CC(=O)OC2C(C)CC)c2ccccc21.CCc1ccccc1. The first-order valence-corrected chi connectivity index (χ1v) is 17.5. The Morgan fingerprint density at radius 2 is 1.55 bits per heavy atom. The van der Waals surface area contributed by atoms with Crippen molar-refractivity contribution in [3.63, 3.8) is 0 Å². The highest BCUT2D eigenvalue weighted by Crippen LogP contribution is 2.35. The minimum atomic E-state index is -1.02. The van der Waals surface area contributed by atoms with Crippen LogP contribution >= 0.6 is 0 Å². The number of esters is 1. The normalized spacial score (nSPS) is 18.6. The lowest BCUT2D eigenvalue weighted by atomic mass is 9.95. The lowest BCUT2D eigenvalue weighted by Gasteiger charge is -2.28. The van der Waals surface area contributed by atoms with Gasteiger partial charge in [-0.1, -0.05) is 76.7 Å². The summed E-state index contributed by atoms with van der Waals surface area (Å²) in [5.74, 6) is -1.94. The lowest BCUT2D eigenvalue weighted by Crippen LogP contribution is -2.54. The van der Waals surface area contributed by atoms with Crippen molar-refractivity contribution >= 4 is 46.7 Å². The summed E-state index contributed by atoms with van der Waals surface area (Å²) in [6.07, 6.45) is 2.13. The Bertz CT molecular complexity index is 1710. The van der Waals surface area contributed by atoms with Gasteiger partial charge in [0.2, 0.25) is 11.8 Å². The van der Waals surface area contributed by atoms with E-state index in [1.165, 1.54) is 17.4 Å². The molecule has 51 heavy (non-hydrogen) atoms. The van der Waals surface area contributed by atoms with Crippen LogP contribution in [0.5, 0.6) is 0 Å². The molecule has 0 spiro atoms. The molecule has 4 atom stereocenters. The monoisotopic (exact) mass is 695 g/mol. The molecular formula is C40H49N5O6. The Morgan fingerprint density at radius 1 is 0.902 bits per heavy atom. The smallest absolute Gasteiger partial charge is 0.308 e. The number of carbonyl (C=O) groups excluding carboxylic acids is 5. The summed E-state index contributed by atoms with van der Waals surface area (Å²) < 4.78 is 5.48. The number of para-hydroxylation sites is 2. The van der Waals surface area contributed by atoms with Crippen LogP contribution in [0.25, 0.3) is 0 Å². The number of aryl methyl sites for hydroxylation is 1. The molecule has 0 saturated carbocycles. The molecule has 270 valence electrons. The van der Waals surface area contributed by atoms with Gasteiger partial charge in [0.15, 0.2) is 0 Å². The van der Waals surface area contributed by atoms with Gasteiger partial charge in [-0.25, -0.2) is 0 Å². The van der Waals surface area contributed by atoms with Gasteiger partial charge in [0.25, 0.3) is 11.8 Å². The summed E-state index contributed by atoms with van der Waals surface area (Å²) in [4.78, 5) is 67.5. The van der Waals surface area contributed by atoms with Crippen molar-refractivity contribution in [1.82, 2.24) is 10.6 Å². The van der Waals surface area contributed by atoms with Gasteiger partial charge in [0.1, 0.15) is 18.7 Å². The number of allylic oxidation sites excluding steroid dienone is 1. The molecule has 0 aliphatic carbocycles. The standard InChI is InChI=1S/C32H39N5O6.C8H10/c1-6-19(3)30-24(16-29(40)43-30)34-28(39)18-37-27-11-9-8-10-26(27)36(20(4)7-2)17-25(32(37)42)35-31(41)22-12-14-23(15-13-22)33-21(5)38;1-2-8-6-4-3-5-7-8/h8-15,19,24-25,30H,4,6-7,16-18H2,1-3,5H3,(H,33,38)(H,34,39)(H,35,41);3-7H,2H2,1H3. The number of nitrogens with one attached hydrogen (secondary N) is 3. The molecule has 11 heteroatoms. The van der Waals surface area contributed by atoms with Crippen molar-refractivity contribution in [2.75, 3.05) is 28.2 Å². The summed E-state index contributed by atoms with van der Waals surface area (Å²) >= 11 is 0. The van der Waals surface area contributed by atoms with E-state index < -0.39 is 35.9 Å². The third kappa shape index (κ3) is 10.1. The molecule has 3 aromatic carbocycles. The van der Waals surface area contributed by atoms with E-state index in [0.29, 0.717) is 29.0 Å². The largest absolute Gasteiger partial charge is 0.460 e. The summed E-state index contributed by atoms with van der Waals surface area (Å²) in [6.45, 7) is 13.4. The lowest BCUT2D eigenvalue weighted by molar-refractivity contribution is -0.143. The fraction of sp³-hybridized carbons (Fsp3) is 0.375. The summed E-state index contributed by atoms with van der Waals surface area (Å²) in [6, 6.07) is 22.5. The fourth-order valence-corrected chi connectivity index (χ4v) is 6.06. The zero-order valence-electron chi connectivity index (χ0n) is 30.1. The van der Waals surface area contributed by atoms with E-state index in [-0.39, 0.29) is 37.3 Å². The van der Waals surface area contributed by atoms with Crippen LogP contribution in [0.2, 0.25) is 0 Å². The van der Waals surface area contributed by atoms with Crippen LogP contribution in [0.3, 0.4) is 0 Å². The maximum Gasteiger partial charge on any atom is 0.308 e. The van der Waals surface area contributed by atoms with Crippen LogP contribution < -0.4 is 25.8 Å². The number of cyclic esters (lactones) is 1. The first-order valence-electron chi connectivity index (χ1n) is 17.5. The van der Waals surface area contributed by atoms with E-state index >= 15 is 0 Å². The molecule has 5 rings (SSSR count). The van der Waals surface area contributed by atoms with Crippen molar-refractivity contribution < 1.29 is 28.7 Å². The highest BCUT2D eigenvalue weighted by molar-refractivity contribution is 6.08. The maximum atomic E-state index is 14.1. The quantitative estimate of drug-likeness (QED) is 0.222. The Balaban J connectivity index is 0.000000641. The topological polar surface area (TPSA) is 137 Å². The molecule has 4 amide bonds. The van der Waals surface area contributed by atoms with Gasteiger partial charge in [-0.2, -0.15) is 0 Å². The van der Waals surface area contributed by atoms with Crippen molar-refractivity contribution in [3.8, 4) is 0 Å². The molecule has 1 saturated heterocycles. The van der Waals surface area contributed by atoms with Crippen LogP contribution in [0.4, 0.5) is 17.1 Å². The molecule has 3 aromatic rings. The molecule has 0 aromatic heterocycles. The molecule has 11 nitrogen and oxygen atoms in total. The number of rotatable bonds is 11. The molecule has 4 unspecified atom stereocenters. The second-order valence-corrected chi connectivity index (χ2v) is 12.8. The number of carbonyl (C=O) groups is 5. The Hall–Kier alpha value is -5.45. The third-order valence-electron chi connectivity index (χ3n) is 9.11. The highest BCUT2D eigenvalue weighted by atomic mass is 16.6. The van der Waals surface area contributed by atoms with Gasteiger partial charge in [0.05, 0.1) is 30.4 Å². The number of ether oxygens (including phenoxy) is 1. The summed E-state index contributed by atoms with van der Waals surface area (Å²) in [5, 5.41) is 8.41. The number of hydrogen-bond donors (Lipinski definition) is 3. The average Bonchev–Trinajstić information content (AvgIpc) is 3.46. The minimum absolute atomic E-state index is 0.0535. The number of benzene rings is 3. The summed E-state index contributed by atoms with van der Waals surface area (Å²) in [5.41, 5.74) is 4.18. The maximum absolute atomic E-state index is 14.1. The molecule has 2 heterocycles. The van der Waals surface area contributed by atoms with Gasteiger partial charge in [0, 0.05) is 23.9 Å². The second kappa shape index (κ2) is 18.0. The zero-order valence-corrected chi connectivity index (χ0v) is 30.1. The summed E-state index contributed by atoms with van der Waals surface area (Å²) in [7, 11) is 0. The van der Waals surface area contributed by atoms with E-state index in [9.17, 15) is 24.0 Å². The number of amides is 4. The van der Waals surface area contributed by atoms with Gasteiger partial charge in [-0.05, 0) is 67.1 Å². The Labute approximate surface area is 300 Å². The Kier molecular flexibility index (Phi) is 13.5. The van der Waals surface area contributed by atoms with Crippen LogP contribution in [0.1, 0.15) is 69.8 Å². The predicted octanol–water partition coefficient (Wildman–Crippen LogP) is 5.62. The second-order valence-electron chi connectivity index (χ2n) is 12.8. The number of hydrogen-bond acceptors (Lipinski definition) is 7. The Morgan fingerprint density at radius 3 is 2.14 bits per heavy atom. The molecule has 0 bridgehead atoms. The molecule has 2 aliphatic rings. The van der Waals surface area contributed by atoms with Crippen molar-refractivity contribution in [2.24, 2.45) is 5.92 Å². The van der Waals surface area contributed by atoms with E-state index in [4.69, 9.17) is 4.74 Å². The van der Waals surface area contributed by atoms with Crippen molar-refractivity contribution in [1.29, 1.82) is 0 Å². The van der Waals surface area contributed by atoms with Gasteiger partial charge in [-0.3, -0.25) is 28.9 Å². The first-order chi connectivity index (χ1) is 24.4. The van der Waals surface area contributed by atoms with Gasteiger partial charge in [-0.15, -0.1) is 0 Å². The third-order valence-corrected chi connectivity index (χ3v) is 9.11. The van der Waals surface area contributed by atoms with E-state index in [1.54, 1.807) is 36.4 Å². The van der Waals surface area contributed by atoms with E-state index in [2.05, 4.69) is 53.7 Å². The zero-order chi connectivity index (χ0) is 37.1. The van der Waals surface area contributed by atoms with Gasteiger partial charge >= 0.3 is 5.97 Å². The molecule has 1 fully saturated rings. The van der Waals surface area contributed by atoms with Crippen LogP contribution in [0, 0.1) is 5.92 Å². The van der Waals surface area contributed by atoms with E-state index in [0.717, 1.165) is 18.5 Å². The van der Waals surface area contributed by atoms with Gasteiger partial charge < -0.3 is 25.6 Å². The van der Waals surface area contributed by atoms with Crippen molar-refractivity contribution in [3.05, 3.63) is 102 Å². The fourth-order valence-electron chi connectivity index (χ4n) is 6.06. The molecular weight excluding hydrogens is 646 g/mol. The average molecular weight is 696 g/mol.